The van der Waals surface area contributed by atoms with Gasteiger partial charge in [-0.25, -0.2) is 18.2 Å². The number of anilines is 3. The van der Waals surface area contributed by atoms with E-state index in [9.17, 15) is 31.5 Å². The molecule has 1 aromatic heterocycles. The maximum Gasteiger partial charge on any atom is 0.421 e. The van der Waals surface area contributed by atoms with Crippen molar-refractivity contribution in [3.8, 4) is 0 Å². The van der Waals surface area contributed by atoms with Crippen molar-refractivity contribution >= 4 is 33.4 Å². The number of benzene rings is 1. The van der Waals surface area contributed by atoms with Gasteiger partial charge in [-0.3, -0.25) is 0 Å². The summed E-state index contributed by atoms with van der Waals surface area (Å²) in [6.07, 6.45) is -0.797. The fraction of sp³-hybridized carbons (Fsp3) is 0.645. The van der Waals surface area contributed by atoms with Crippen LogP contribution in [0.25, 0.3) is 0 Å². The van der Waals surface area contributed by atoms with E-state index in [0.29, 0.717) is 56.6 Å². The van der Waals surface area contributed by atoms with E-state index in [-0.39, 0.29) is 34.7 Å². The Morgan fingerprint density at radius 2 is 1.78 bits per heavy atom. The van der Waals surface area contributed by atoms with Crippen LogP contribution < -0.4 is 10.2 Å². The molecule has 45 heavy (non-hydrogen) atoms. The van der Waals surface area contributed by atoms with E-state index in [0.717, 1.165) is 19.0 Å². The van der Waals surface area contributed by atoms with Gasteiger partial charge in [0.1, 0.15) is 17.0 Å². The van der Waals surface area contributed by atoms with Gasteiger partial charge in [0.25, 0.3) is 0 Å². The molecule has 1 saturated carbocycles. The van der Waals surface area contributed by atoms with Gasteiger partial charge in [-0.2, -0.15) is 18.2 Å². The summed E-state index contributed by atoms with van der Waals surface area (Å²) in [7, 11) is -3.62. The molecular formula is C31H42F3N5O5S. The number of halogens is 3. The summed E-state index contributed by atoms with van der Waals surface area (Å²) in [4.78, 5) is 23.8. The Bertz CT molecular complexity index is 1540. The lowest BCUT2D eigenvalue weighted by Gasteiger charge is -2.51. The number of hydrogen-bond acceptors (Lipinski definition) is 9. The lowest BCUT2D eigenvalue weighted by Crippen LogP contribution is -2.53. The van der Waals surface area contributed by atoms with Crippen LogP contribution in [0.1, 0.15) is 77.3 Å². The van der Waals surface area contributed by atoms with Gasteiger partial charge < -0.3 is 25.0 Å². The van der Waals surface area contributed by atoms with Crippen LogP contribution in [-0.2, 0) is 20.8 Å². The molecule has 1 spiro atoms. The Balaban J connectivity index is 1.26. The monoisotopic (exact) mass is 653 g/mol. The number of aryl methyl sites for hydroxylation is 1. The molecule has 1 aliphatic carbocycles. The molecule has 3 aliphatic rings. The topological polar surface area (TPSA) is 125 Å². The molecule has 2 N–H and O–H groups in total. The van der Waals surface area contributed by atoms with Crippen LogP contribution in [0.4, 0.5) is 35.4 Å². The smallest absolute Gasteiger partial charge is 0.421 e. The number of nitrogens with one attached hydrogen (secondary N) is 1. The molecule has 2 aliphatic heterocycles. The maximum absolute atomic E-state index is 13.8. The standard InChI is InChI=1S/C31H42F3N5O5S/c1-20-15-21(45(42,43)22-16-30(17-22)10-13-38(14-11-30)27(40)44-28(2,3)4)7-8-24(20)36-26-35-18-23(31(32,33)34)25(37-26)39-12-6-9-29(5,41)19-39/h7-8,15,18,22,41H,6,9-14,16-17,19H2,1-5H3,(H,35,36,37). The van der Waals surface area contributed by atoms with E-state index in [2.05, 4.69) is 15.3 Å². The summed E-state index contributed by atoms with van der Waals surface area (Å²) in [6, 6.07) is 4.62. The summed E-state index contributed by atoms with van der Waals surface area (Å²) in [5.74, 6) is -0.381. The maximum atomic E-state index is 13.8. The van der Waals surface area contributed by atoms with Crippen molar-refractivity contribution in [1.29, 1.82) is 0 Å². The van der Waals surface area contributed by atoms with E-state index in [1.54, 1.807) is 30.9 Å². The first-order valence-corrected chi connectivity index (χ1v) is 16.8. The number of ether oxygens (including phenoxy) is 1. The van der Waals surface area contributed by atoms with E-state index in [4.69, 9.17) is 4.74 Å². The normalized spacial score (nSPS) is 22.7. The number of β-amino-alcohol motifs (C(OH)–C–C–N with tert-alkyl or cyclic N) is 1. The summed E-state index contributed by atoms with van der Waals surface area (Å²) in [5.41, 5.74) is -1.78. The lowest BCUT2D eigenvalue weighted by molar-refractivity contribution is -0.137. The second-order valence-electron chi connectivity index (χ2n) is 14.1. The number of amides is 1. The second-order valence-corrected chi connectivity index (χ2v) is 16.3. The molecule has 2 aromatic rings. The molecule has 0 radical (unpaired) electrons. The van der Waals surface area contributed by atoms with Gasteiger partial charge in [0.2, 0.25) is 5.95 Å². The SMILES string of the molecule is Cc1cc(S(=O)(=O)C2CC3(CCN(C(=O)OC(C)(C)C)CC3)C2)ccc1Nc1ncc(C(F)(F)F)c(N2CCCC(C)(O)C2)n1. The van der Waals surface area contributed by atoms with Crippen molar-refractivity contribution < 1.29 is 36.2 Å². The highest BCUT2D eigenvalue weighted by Crippen LogP contribution is 2.53. The molecular weight excluding hydrogens is 611 g/mol. The number of aromatic nitrogens is 2. The molecule has 5 rings (SSSR count). The van der Waals surface area contributed by atoms with E-state index < -0.39 is 38.0 Å². The van der Waals surface area contributed by atoms with Gasteiger partial charge in [0.05, 0.1) is 15.7 Å². The molecule has 1 atom stereocenters. The number of piperidine rings is 2. The van der Waals surface area contributed by atoms with Crippen molar-refractivity contribution in [3.05, 3.63) is 35.5 Å². The largest absolute Gasteiger partial charge is 0.444 e. The lowest BCUT2D eigenvalue weighted by atomic mass is 9.63. The number of sulfone groups is 1. The van der Waals surface area contributed by atoms with Crippen molar-refractivity contribution in [1.82, 2.24) is 14.9 Å². The summed E-state index contributed by atoms with van der Waals surface area (Å²) in [5, 5.41) is 12.9. The fourth-order valence-corrected chi connectivity index (χ4v) is 8.69. The molecule has 0 bridgehead atoms. The molecule has 3 heterocycles. The summed E-state index contributed by atoms with van der Waals surface area (Å²) in [6.45, 7) is 10.1. The predicted molar refractivity (Wildman–Crippen MR) is 163 cm³/mol. The van der Waals surface area contributed by atoms with E-state index in [1.165, 1.54) is 11.0 Å². The highest BCUT2D eigenvalue weighted by Gasteiger charge is 2.51. The zero-order valence-electron chi connectivity index (χ0n) is 26.4. The number of nitrogens with zero attached hydrogens (tertiary/aromatic N) is 4. The number of rotatable bonds is 5. The predicted octanol–water partition coefficient (Wildman–Crippen LogP) is 5.85. The zero-order valence-corrected chi connectivity index (χ0v) is 27.2. The second kappa shape index (κ2) is 11.6. The summed E-state index contributed by atoms with van der Waals surface area (Å²) >= 11 is 0. The molecule has 248 valence electrons. The third-order valence-electron chi connectivity index (χ3n) is 9.06. The number of hydrogen-bond donors (Lipinski definition) is 2. The average Bonchev–Trinajstić information content (AvgIpc) is 2.90. The molecule has 14 heteroatoms. The van der Waals surface area contributed by atoms with Gasteiger partial charge >= 0.3 is 12.3 Å². The molecule has 1 unspecified atom stereocenters. The first kappa shape index (κ1) is 33.2. The Hall–Kier alpha value is -3.13. The van der Waals surface area contributed by atoms with Crippen LogP contribution in [0, 0.1) is 12.3 Å². The van der Waals surface area contributed by atoms with Crippen LogP contribution in [0.3, 0.4) is 0 Å². The number of alkyl halides is 3. The average molecular weight is 654 g/mol. The number of aliphatic hydroxyl groups is 1. The first-order valence-electron chi connectivity index (χ1n) is 15.3. The molecule has 2 saturated heterocycles. The number of carbonyl (C=O) groups is 1. The van der Waals surface area contributed by atoms with Gasteiger partial charge in [-0.15, -0.1) is 0 Å². The molecule has 10 nitrogen and oxygen atoms in total. The number of likely N-dealkylation sites (tertiary alicyclic amines) is 1. The van der Waals surface area contributed by atoms with Crippen LogP contribution in [0.2, 0.25) is 0 Å². The van der Waals surface area contributed by atoms with Crippen LogP contribution >= 0.6 is 0 Å². The van der Waals surface area contributed by atoms with E-state index >= 15 is 0 Å². The van der Waals surface area contributed by atoms with Gasteiger partial charge in [0, 0.05) is 38.1 Å². The Morgan fingerprint density at radius 3 is 2.36 bits per heavy atom. The molecule has 1 aromatic carbocycles. The fourth-order valence-electron chi connectivity index (χ4n) is 6.57. The van der Waals surface area contributed by atoms with Crippen LogP contribution in [0.15, 0.2) is 29.3 Å². The quantitative estimate of drug-likeness (QED) is 0.409. The minimum Gasteiger partial charge on any atom is -0.444 e. The van der Waals surface area contributed by atoms with Crippen molar-refractivity contribution in [2.45, 2.75) is 101 Å². The van der Waals surface area contributed by atoms with Gasteiger partial charge in [0.15, 0.2) is 9.84 Å². The van der Waals surface area contributed by atoms with Crippen molar-refractivity contribution in [2.75, 3.05) is 36.4 Å². The van der Waals surface area contributed by atoms with Crippen LogP contribution in [-0.4, -0.2) is 77.1 Å². The third-order valence-corrected chi connectivity index (χ3v) is 11.2. The minimum atomic E-state index is -4.68. The Labute approximate surface area is 262 Å². The molecule has 3 fully saturated rings. The number of carbonyl (C=O) groups excluding carboxylic acids is 1. The van der Waals surface area contributed by atoms with Gasteiger partial charge in [-0.05, 0) is 102 Å². The Morgan fingerprint density at radius 1 is 1.11 bits per heavy atom. The minimum absolute atomic E-state index is 0.00255. The zero-order chi connectivity index (χ0) is 33.0. The third kappa shape index (κ3) is 7.32. The van der Waals surface area contributed by atoms with Crippen LogP contribution in [0.5, 0.6) is 0 Å². The van der Waals surface area contributed by atoms with Crippen molar-refractivity contribution in [2.24, 2.45) is 5.41 Å². The van der Waals surface area contributed by atoms with E-state index in [1.807, 2.05) is 20.8 Å². The highest BCUT2D eigenvalue weighted by atomic mass is 32.2. The highest BCUT2D eigenvalue weighted by molar-refractivity contribution is 7.92. The Kier molecular flexibility index (Phi) is 8.56. The van der Waals surface area contributed by atoms with Crippen molar-refractivity contribution in [3.63, 3.8) is 0 Å². The van der Waals surface area contributed by atoms with Gasteiger partial charge in [-0.1, -0.05) is 0 Å². The summed E-state index contributed by atoms with van der Waals surface area (Å²) < 4.78 is 74.0. The molecule has 1 amide bonds. The first-order chi connectivity index (χ1) is 20.8.